The van der Waals surface area contributed by atoms with Gasteiger partial charge in [0, 0.05) is 4.90 Å². The van der Waals surface area contributed by atoms with Gasteiger partial charge in [-0.15, -0.1) is 0 Å². The first kappa shape index (κ1) is 8.58. The fraction of sp³-hybridized carbons (Fsp3) is 0.300. The van der Waals surface area contributed by atoms with Crippen molar-refractivity contribution in [2.24, 2.45) is 0 Å². The van der Waals surface area contributed by atoms with Crippen LogP contribution in [-0.2, 0) is 6.42 Å². The molecule has 0 amide bonds. The van der Waals surface area contributed by atoms with E-state index in [1.54, 1.807) is 6.07 Å². The highest BCUT2D eigenvalue weighted by Crippen LogP contribution is 2.35. The molecule has 1 aromatic rings. The summed E-state index contributed by atoms with van der Waals surface area (Å²) in [5.41, 5.74) is 2.22. The zero-order valence-corrected chi connectivity index (χ0v) is 7.77. The van der Waals surface area contributed by atoms with E-state index in [-0.39, 0.29) is 18.1 Å². The third-order valence-corrected chi connectivity index (χ3v) is 2.87. The monoisotopic (exact) mass is 193 g/mol. The van der Waals surface area contributed by atoms with Gasteiger partial charge in [-0.25, -0.2) is 0 Å². The van der Waals surface area contributed by atoms with Crippen molar-refractivity contribution in [3.63, 3.8) is 0 Å². The number of hydrogen-bond acceptors (Lipinski definition) is 2. The Hall–Kier alpha value is -1.01. The summed E-state index contributed by atoms with van der Waals surface area (Å²) in [5.74, 6) is 0.0219. The minimum Gasteiger partial charge on any atom is -0.198 e. The van der Waals surface area contributed by atoms with Gasteiger partial charge in [-0.3, -0.25) is 0 Å². The van der Waals surface area contributed by atoms with Crippen LogP contribution >= 0.6 is 12.1 Å². The fourth-order valence-corrected chi connectivity index (χ4v) is 2.08. The van der Waals surface area contributed by atoms with Crippen LogP contribution in [0.15, 0.2) is 23.1 Å². The van der Waals surface area contributed by atoms with E-state index in [4.69, 9.17) is 5.26 Å². The molecule has 0 aliphatic heterocycles. The highest BCUT2D eigenvalue weighted by Gasteiger charge is 2.21. The van der Waals surface area contributed by atoms with E-state index in [2.05, 4.69) is 6.07 Å². The van der Waals surface area contributed by atoms with Gasteiger partial charge in [0.2, 0.25) is 0 Å². The van der Waals surface area contributed by atoms with Crippen molar-refractivity contribution < 1.29 is 3.89 Å². The Kier molecular flexibility index (Phi) is 2.24. The summed E-state index contributed by atoms with van der Waals surface area (Å²) in [5, 5.41) is 8.81. The number of nitriles is 1. The molecule has 3 heteroatoms. The summed E-state index contributed by atoms with van der Waals surface area (Å²) >= 11 is 0.261. The summed E-state index contributed by atoms with van der Waals surface area (Å²) in [6.07, 6.45) is 1.79. The molecule has 66 valence electrons. The predicted octanol–water partition coefficient (Wildman–Crippen LogP) is 3.22. The van der Waals surface area contributed by atoms with Crippen molar-refractivity contribution in [3.05, 3.63) is 29.3 Å². The van der Waals surface area contributed by atoms with Crippen molar-refractivity contribution in [1.82, 2.24) is 0 Å². The molecule has 0 saturated carbocycles. The molecule has 1 aliphatic carbocycles. The Bertz CT molecular complexity index is 370. The average Bonchev–Trinajstić information content (AvgIpc) is 2.59. The van der Waals surface area contributed by atoms with Crippen LogP contribution in [0.4, 0.5) is 3.89 Å². The van der Waals surface area contributed by atoms with Crippen molar-refractivity contribution >= 4 is 12.1 Å². The molecule has 0 fully saturated rings. The number of nitrogens with zero attached hydrogens (tertiary/aromatic N) is 1. The number of rotatable bonds is 1. The van der Waals surface area contributed by atoms with Gasteiger partial charge in [-0.2, -0.15) is 9.15 Å². The molecular formula is C10H8FNS. The highest BCUT2D eigenvalue weighted by molar-refractivity contribution is 7.94. The van der Waals surface area contributed by atoms with Crippen LogP contribution in [0, 0.1) is 11.3 Å². The molecule has 1 aliphatic rings. The lowest BCUT2D eigenvalue weighted by Gasteiger charge is -2.02. The molecule has 1 nitrogen and oxygen atoms in total. The Morgan fingerprint density at radius 2 is 2.38 bits per heavy atom. The second kappa shape index (κ2) is 3.39. The van der Waals surface area contributed by atoms with Crippen LogP contribution in [0.5, 0.6) is 0 Å². The van der Waals surface area contributed by atoms with Gasteiger partial charge in [0.25, 0.3) is 0 Å². The third-order valence-electron chi connectivity index (χ3n) is 2.44. The maximum atomic E-state index is 12.2. The number of benzene rings is 1. The highest BCUT2D eigenvalue weighted by atomic mass is 32.2. The van der Waals surface area contributed by atoms with Crippen LogP contribution in [0.25, 0.3) is 0 Å². The molecule has 0 radical (unpaired) electrons. The summed E-state index contributed by atoms with van der Waals surface area (Å²) in [4.78, 5) is 0.636. The van der Waals surface area contributed by atoms with Crippen molar-refractivity contribution in [2.45, 2.75) is 23.7 Å². The molecule has 1 unspecified atom stereocenters. The maximum absolute atomic E-state index is 12.2. The second-order valence-corrected chi connectivity index (χ2v) is 3.78. The predicted molar refractivity (Wildman–Crippen MR) is 50.1 cm³/mol. The van der Waals surface area contributed by atoms with Gasteiger partial charge >= 0.3 is 0 Å². The molecule has 0 aromatic heterocycles. The van der Waals surface area contributed by atoms with E-state index in [1.165, 1.54) is 0 Å². The molecule has 2 rings (SSSR count). The topological polar surface area (TPSA) is 23.8 Å². The third kappa shape index (κ3) is 1.42. The lowest BCUT2D eigenvalue weighted by atomic mass is 10.0. The Morgan fingerprint density at radius 3 is 3.08 bits per heavy atom. The molecule has 0 heterocycles. The first-order chi connectivity index (χ1) is 6.35. The van der Waals surface area contributed by atoms with Crippen LogP contribution in [0.2, 0.25) is 0 Å². The van der Waals surface area contributed by atoms with Crippen LogP contribution in [0.1, 0.15) is 23.5 Å². The van der Waals surface area contributed by atoms with Crippen LogP contribution in [-0.4, -0.2) is 0 Å². The van der Waals surface area contributed by atoms with E-state index < -0.39 is 0 Å². The van der Waals surface area contributed by atoms with E-state index in [0.29, 0.717) is 4.90 Å². The molecule has 0 saturated heterocycles. The maximum Gasteiger partial charge on any atom is 0.0812 e. The average molecular weight is 193 g/mol. The first-order valence-electron chi connectivity index (χ1n) is 4.16. The Balaban J connectivity index is 2.41. The number of halogens is 1. The Morgan fingerprint density at radius 1 is 1.54 bits per heavy atom. The standard InChI is InChI=1S/C10H8FNS/c11-13-9-3-4-10-7(5-9)1-2-8(10)6-12/h3-5,8H,1-2H2. The zero-order valence-electron chi connectivity index (χ0n) is 6.96. The van der Waals surface area contributed by atoms with Crippen LogP contribution in [0.3, 0.4) is 0 Å². The summed E-state index contributed by atoms with van der Waals surface area (Å²) < 4.78 is 12.2. The summed E-state index contributed by atoms with van der Waals surface area (Å²) in [6.45, 7) is 0. The van der Waals surface area contributed by atoms with Gasteiger partial charge in [0.05, 0.1) is 24.1 Å². The molecule has 1 atom stereocenters. The number of aryl methyl sites for hydroxylation is 1. The van der Waals surface area contributed by atoms with Crippen molar-refractivity contribution in [2.75, 3.05) is 0 Å². The quantitative estimate of drug-likeness (QED) is 0.683. The fourth-order valence-electron chi connectivity index (χ4n) is 1.78. The van der Waals surface area contributed by atoms with Gasteiger partial charge < -0.3 is 0 Å². The molecule has 0 bridgehead atoms. The summed E-state index contributed by atoms with van der Waals surface area (Å²) in [7, 11) is 0. The molecule has 13 heavy (non-hydrogen) atoms. The lowest BCUT2D eigenvalue weighted by Crippen LogP contribution is -1.87. The van der Waals surface area contributed by atoms with Gasteiger partial charge in [0.1, 0.15) is 0 Å². The Labute approximate surface area is 80.9 Å². The van der Waals surface area contributed by atoms with Gasteiger partial charge in [-0.1, -0.05) is 6.07 Å². The van der Waals surface area contributed by atoms with E-state index >= 15 is 0 Å². The van der Waals surface area contributed by atoms with Gasteiger partial charge in [0.15, 0.2) is 0 Å². The molecule has 1 aromatic carbocycles. The molecule has 0 N–H and O–H groups in total. The second-order valence-electron chi connectivity index (χ2n) is 3.16. The SMILES string of the molecule is N#CC1CCc2cc(SF)ccc21. The van der Waals surface area contributed by atoms with Crippen molar-refractivity contribution in [1.29, 1.82) is 5.26 Å². The minimum atomic E-state index is 0.0219. The zero-order chi connectivity index (χ0) is 9.26. The largest absolute Gasteiger partial charge is 0.198 e. The van der Waals surface area contributed by atoms with E-state index in [9.17, 15) is 3.89 Å². The van der Waals surface area contributed by atoms with Crippen molar-refractivity contribution in [3.8, 4) is 6.07 Å². The summed E-state index contributed by atoms with van der Waals surface area (Å²) in [6, 6.07) is 7.71. The smallest absolute Gasteiger partial charge is 0.0812 e. The van der Waals surface area contributed by atoms with Gasteiger partial charge in [-0.05, 0) is 36.1 Å². The minimum absolute atomic E-state index is 0.0219. The van der Waals surface area contributed by atoms with E-state index in [0.717, 1.165) is 24.0 Å². The van der Waals surface area contributed by atoms with E-state index in [1.807, 2.05) is 12.1 Å². The lowest BCUT2D eigenvalue weighted by molar-refractivity contribution is 0.826. The first-order valence-corrected chi connectivity index (χ1v) is 4.88. The normalized spacial score (nSPS) is 19.5. The molecule has 0 spiro atoms. The molecular weight excluding hydrogens is 185 g/mol. The number of hydrogen-bond donors (Lipinski definition) is 0. The number of fused-ring (bicyclic) bond motifs is 1. The van der Waals surface area contributed by atoms with Crippen LogP contribution < -0.4 is 0 Å².